The smallest absolute Gasteiger partial charge is 0.137 e. The minimum Gasteiger partial charge on any atom is -0.312 e. The topological polar surface area (TPSA) is 42.7 Å². The highest BCUT2D eigenvalue weighted by atomic mass is 15.3. The summed E-state index contributed by atoms with van der Waals surface area (Å²) in [4.78, 5) is 4.05. The maximum absolute atomic E-state index is 4.28. The second kappa shape index (κ2) is 5.26. The van der Waals surface area contributed by atoms with E-state index in [0.29, 0.717) is 12.1 Å². The molecular formula is C11H20N4. The third-order valence-corrected chi connectivity index (χ3v) is 3.22. The Kier molecular flexibility index (Phi) is 3.72. The molecule has 1 saturated carbocycles. The zero-order chi connectivity index (χ0) is 10.5. The molecule has 1 aromatic heterocycles. The van der Waals surface area contributed by atoms with Crippen LogP contribution in [0.3, 0.4) is 0 Å². The predicted octanol–water partition coefficient (Wildman–Crippen LogP) is 1.76. The Morgan fingerprint density at radius 3 is 2.93 bits per heavy atom. The third kappa shape index (κ3) is 2.56. The molecule has 0 aliphatic heterocycles. The molecule has 0 saturated heterocycles. The van der Waals surface area contributed by atoms with Gasteiger partial charge in [0.2, 0.25) is 0 Å². The minimum absolute atomic E-state index is 0.495. The molecule has 1 aliphatic carbocycles. The van der Waals surface area contributed by atoms with Gasteiger partial charge in [-0.15, -0.1) is 0 Å². The Morgan fingerprint density at radius 2 is 2.20 bits per heavy atom. The van der Waals surface area contributed by atoms with Crippen LogP contribution in [0.1, 0.15) is 45.1 Å². The van der Waals surface area contributed by atoms with Gasteiger partial charge in [0.15, 0.2) is 0 Å². The summed E-state index contributed by atoms with van der Waals surface area (Å²) >= 11 is 0. The highest BCUT2D eigenvalue weighted by Gasteiger charge is 2.24. The molecule has 1 aromatic rings. The molecule has 0 bridgehead atoms. The normalized spacial score (nSPS) is 27.5. The van der Waals surface area contributed by atoms with E-state index in [0.717, 1.165) is 6.54 Å². The van der Waals surface area contributed by atoms with Gasteiger partial charge in [0.05, 0.1) is 6.04 Å². The lowest BCUT2D eigenvalue weighted by Gasteiger charge is -2.25. The largest absolute Gasteiger partial charge is 0.312 e. The van der Waals surface area contributed by atoms with Crippen LogP contribution in [0.4, 0.5) is 0 Å². The third-order valence-electron chi connectivity index (χ3n) is 3.22. The van der Waals surface area contributed by atoms with Crippen molar-refractivity contribution in [3.05, 3.63) is 12.7 Å². The summed E-state index contributed by atoms with van der Waals surface area (Å²) in [5.74, 6) is 0. The Bertz CT molecular complexity index is 270. The van der Waals surface area contributed by atoms with E-state index in [4.69, 9.17) is 0 Å². The fraction of sp³-hybridized carbons (Fsp3) is 0.818. The van der Waals surface area contributed by atoms with Crippen LogP contribution in [0.2, 0.25) is 0 Å². The molecular weight excluding hydrogens is 188 g/mol. The number of hydrogen-bond donors (Lipinski definition) is 1. The van der Waals surface area contributed by atoms with Crippen LogP contribution in [-0.2, 0) is 0 Å². The summed E-state index contributed by atoms with van der Waals surface area (Å²) in [6, 6.07) is 1.06. The van der Waals surface area contributed by atoms with E-state index in [1.165, 1.54) is 32.1 Å². The van der Waals surface area contributed by atoms with Crippen molar-refractivity contribution in [3.63, 3.8) is 0 Å². The fourth-order valence-corrected chi connectivity index (χ4v) is 2.49. The molecule has 0 spiro atoms. The van der Waals surface area contributed by atoms with Crippen LogP contribution in [0, 0.1) is 0 Å². The minimum atomic E-state index is 0.495. The number of nitrogens with one attached hydrogen (secondary N) is 1. The number of rotatable bonds is 3. The molecule has 4 nitrogen and oxygen atoms in total. The van der Waals surface area contributed by atoms with Gasteiger partial charge < -0.3 is 5.32 Å². The Hall–Kier alpha value is -0.900. The molecule has 2 atom stereocenters. The van der Waals surface area contributed by atoms with Crippen molar-refractivity contribution in [3.8, 4) is 0 Å². The molecule has 84 valence electrons. The monoisotopic (exact) mass is 208 g/mol. The Balaban J connectivity index is 2.09. The van der Waals surface area contributed by atoms with Crippen LogP contribution in [0.15, 0.2) is 12.7 Å². The van der Waals surface area contributed by atoms with Crippen LogP contribution < -0.4 is 5.32 Å². The maximum Gasteiger partial charge on any atom is 0.137 e. The number of nitrogens with zero attached hydrogens (tertiary/aromatic N) is 3. The summed E-state index contributed by atoms with van der Waals surface area (Å²) in [6.45, 7) is 3.21. The number of hydrogen-bond acceptors (Lipinski definition) is 3. The predicted molar refractivity (Wildman–Crippen MR) is 59.6 cm³/mol. The molecule has 15 heavy (non-hydrogen) atoms. The molecule has 0 amide bonds. The first-order valence-corrected chi connectivity index (χ1v) is 5.99. The summed E-state index contributed by atoms with van der Waals surface area (Å²) in [6.07, 6.45) is 9.97. The van der Waals surface area contributed by atoms with E-state index >= 15 is 0 Å². The standard InChI is InChI=1S/C11H20N4/c1-2-13-10-6-4-3-5-7-11(10)15-9-12-8-14-15/h8-11,13H,2-7H2,1H3. The molecule has 1 N–H and O–H groups in total. The highest BCUT2D eigenvalue weighted by Crippen LogP contribution is 2.26. The quantitative estimate of drug-likeness (QED) is 0.770. The highest BCUT2D eigenvalue weighted by molar-refractivity contribution is 4.83. The van der Waals surface area contributed by atoms with E-state index < -0.39 is 0 Å². The van der Waals surface area contributed by atoms with E-state index in [2.05, 4.69) is 22.3 Å². The molecule has 2 rings (SSSR count). The maximum atomic E-state index is 4.28. The molecule has 1 heterocycles. The van der Waals surface area contributed by atoms with Crippen molar-refractivity contribution in [1.29, 1.82) is 0 Å². The summed E-state index contributed by atoms with van der Waals surface area (Å²) in [5, 5.41) is 7.85. The second-order valence-corrected chi connectivity index (χ2v) is 4.25. The number of likely N-dealkylation sites (N-methyl/N-ethyl adjacent to an activating group) is 1. The van der Waals surface area contributed by atoms with Crippen molar-refractivity contribution in [2.24, 2.45) is 0 Å². The van der Waals surface area contributed by atoms with Gasteiger partial charge in [-0.2, -0.15) is 5.10 Å². The molecule has 4 heteroatoms. The van der Waals surface area contributed by atoms with Crippen molar-refractivity contribution < 1.29 is 0 Å². The lowest BCUT2D eigenvalue weighted by atomic mass is 10.0. The average molecular weight is 208 g/mol. The van der Waals surface area contributed by atoms with Crippen LogP contribution >= 0.6 is 0 Å². The Labute approximate surface area is 91.1 Å². The van der Waals surface area contributed by atoms with E-state index in [-0.39, 0.29) is 0 Å². The lowest BCUT2D eigenvalue weighted by Crippen LogP contribution is -2.37. The van der Waals surface area contributed by atoms with Gasteiger partial charge in [-0.3, -0.25) is 0 Å². The van der Waals surface area contributed by atoms with Crippen molar-refractivity contribution in [2.75, 3.05) is 6.54 Å². The van der Waals surface area contributed by atoms with E-state index in [1.54, 1.807) is 6.33 Å². The Morgan fingerprint density at radius 1 is 1.33 bits per heavy atom. The van der Waals surface area contributed by atoms with E-state index in [1.807, 2.05) is 11.0 Å². The molecule has 0 aromatic carbocycles. The van der Waals surface area contributed by atoms with Gasteiger partial charge in [-0.1, -0.05) is 26.2 Å². The first-order chi connectivity index (χ1) is 7.42. The van der Waals surface area contributed by atoms with Gasteiger partial charge in [0.1, 0.15) is 12.7 Å². The average Bonchev–Trinajstić information content (AvgIpc) is 2.67. The summed E-state index contributed by atoms with van der Waals surface area (Å²) in [5.41, 5.74) is 0. The molecule has 1 aliphatic rings. The summed E-state index contributed by atoms with van der Waals surface area (Å²) < 4.78 is 2.03. The van der Waals surface area contributed by atoms with E-state index in [9.17, 15) is 0 Å². The van der Waals surface area contributed by atoms with Gasteiger partial charge >= 0.3 is 0 Å². The summed E-state index contributed by atoms with van der Waals surface area (Å²) in [7, 11) is 0. The molecule has 0 radical (unpaired) electrons. The van der Waals surface area contributed by atoms with Gasteiger partial charge in [-0.05, 0) is 19.4 Å². The molecule has 1 fully saturated rings. The van der Waals surface area contributed by atoms with Crippen molar-refractivity contribution in [2.45, 2.75) is 51.1 Å². The zero-order valence-corrected chi connectivity index (χ0v) is 9.39. The first-order valence-electron chi connectivity index (χ1n) is 5.99. The van der Waals surface area contributed by atoms with Gasteiger partial charge in [0.25, 0.3) is 0 Å². The molecule has 2 unspecified atom stereocenters. The number of aromatic nitrogens is 3. The second-order valence-electron chi connectivity index (χ2n) is 4.25. The zero-order valence-electron chi connectivity index (χ0n) is 9.39. The van der Waals surface area contributed by atoms with Gasteiger partial charge in [0, 0.05) is 6.04 Å². The van der Waals surface area contributed by atoms with Crippen molar-refractivity contribution >= 4 is 0 Å². The SMILES string of the molecule is CCNC1CCCCCC1n1cncn1. The fourth-order valence-electron chi connectivity index (χ4n) is 2.49. The van der Waals surface area contributed by atoms with Crippen LogP contribution in [0.5, 0.6) is 0 Å². The van der Waals surface area contributed by atoms with Gasteiger partial charge in [-0.25, -0.2) is 9.67 Å². The lowest BCUT2D eigenvalue weighted by molar-refractivity contribution is 0.312. The van der Waals surface area contributed by atoms with Crippen LogP contribution in [0.25, 0.3) is 0 Å². The van der Waals surface area contributed by atoms with Crippen LogP contribution in [-0.4, -0.2) is 27.4 Å². The first kappa shape index (κ1) is 10.6. The van der Waals surface area contributed by atoms with Crippen molar-refractivity contribution in [1.82, 2.24) is 20.1 Å².